The minimum absolute atomic E-state index is 0.111. The first kappa shape index (κ1) is 12.3. The van der Waals surface area contributed by atoms with Crippen LogP contribution in [0.2, 0.25) is 0 Å². The maximum Gasteiger partial charge on any atom is 0.258 e. The van der Waals surface area contributed by atoms with Gasteiger partial charge in [0.2, 0.25) is 5.13 Å². The van der Waals surface area contributed by atoms with E-state index in [9.17, 15) is 4.79 Å². The minimum atomic E-state index is -0.111. The van der Waals surface area contributed by atoms with Gasteiger partial charge in [-0.15, -0.1) is 10.2 Å². The van der Waals surface area contributed by atoms with Crippen molar-refractivity contribution in [2.24, 2.45) is 0 Å². The molecule has 0 spiro atoms. The number of hydrogen-bond donors (Lipinski definition) is 2. The molecule has 19 heavy (non-hydrogen) atoms. The molecule has 0 aromatic carbocycles. The highest BCUT2D eigenvalue weighted by Gasteiger charge is 2.19. The fraction of sp³-hybridized carbons (Fsp3) is 0.417. The summed E-state index contributed by atoms with van der Waals surface area (Å²) in [6, 6.07) is 1.93. The summed E-state index contributed by atoms with van der Waals surface area (Å²) >= 11 is 1.23. The molecule has 1 aliphatic heterocycles. The first-order valence-corrected chi connectivity index (χ1v) is 7.06. The molecule has 0 fully saturated rings. The Bertz CT molecular complexity index is 662. The lowest BCUT2D eigenvalue weighted by Gasteiger charge is -2.27. The lowest BCUT2D eigenvalue weighted by atomic mass is 10.0. The van der Waals surface area contributed by atoms with Gasteiger partial charge in [0.05, 0.1) is 5.56 Å². The van der Waals surface area contributed by atoms with Gasteiger partial charge in [0, 0.05) is 25.2 Å². The van der Waals surface area contributed by atoms with Gasteiger partial charge in [0.1, 0.15) is 0 Å². The normalized spacial score (nSPS) is 15.4. The monoisotopic (exact) mass is 277 g/mol. The van der Waals surface area contributed by atoms with Crippen LogP contribution >= 0.6 is 11.3 Å². The van der Waals surface area contributed by atoms with Crippen LogP contribution in [-0.2, 0) is 13.0 Å². The molecule has 0 unspecified atom stereocenters. The van der Waals surface area contributed by atoms with E-state index < -0.39 is 0 Å². The average molecular weight is 277 g/mol. The number of nitrogens with zero attached hydrogens (tertiary/aromatic N) is 3. The van der Waals surface area contributed by atoms with Gasteiger partial charge in [0.15, 0.2) is 5.01 Å². The Morgan fingerprint density at radius 1 is 1.53 bits per heavy atom. The number of pyridine rings is 1. The van der Waals surface area contributed by atoms with E-state index in [1.54, 1.807) is 0 Å². The maximum atomic E-state index is 12.1. The zero-order chi connectivity index (χ0) is 13.4. The van der Waals surface area contributed by atoms with E-state index in [0.29, 0.717) is 15.7 Å². The molecular weight excluding hydrogens is 262 g/mol. The van der Waals surface area contributed by atoms with E-state index >= 15 is 0 Å². The van der Waals surface area contributed by atoms with Crippen molar-refractivity contribution in [1.29, 1.82) is 0 Å². The number of likely N-dealkylation sites (N-methyl/N-ethyl adjacent to an activating group) is 1. The third-order valence-electron chi connectivity index (χ3n) is 3.41. The third-order valence-corrected chi connectivity index (χ3v) is 4.19. The van der Waals surface area contributed by atoms with E-state index in [2.05, 4.69) is 27.0 Å². The Morgan fingerprint density at radius 3 is 3.05 bits per heavy atom. The Balaban J connectivity index is 2.05. The van der Waals surface area contributed by atoms with Crippen molar-refractivity contribution in [2.75, 3.05) is 18.8 Å². The lowest BCUT2D eigenvalue weighted by molar-refractivity contribution is 0.265. The first-order valence-electron chi connectivity index (χ1n) is 6.24. The number of aromatic amines is 1. The van der Waals surface area contributed by atoms with E-state index in [1.807, 2.05) is 6.07 Å². The molecule has 2 aromatic rings. The minimum Gasteiger partial charge on any atom is -0.374 e. The topological polar surface area (TPSA) is 87.9 Å². The van der Waals surface area contributed by atoms with Gasteiger partial charge in [-0.2, -0.15) is 0 Å². The highest BCUT2D eigenvalue weighted by molar-refractivity contribution is 7.18. The first-order chi connectivity index (χ1) is 9.17. The van der Waals surface area contributed by atoms with Crippen LogP contribution < -0.4 is 11.3 Å². The van der Waals surface area contributed by atoms with Gasteiger partial charge in [-0.1, -0.05) is 18.3 Å². The summed E-state index contributed by atoms with van der Waals surface area (Å²) in [4.78, 5) is 17.4. The molecule has 0 bridgehead atoms. The van der Waals surface area contributed by atoms with Gasteiger partial charge in [-0.25, -0.2) is 0 Å². The summed E-state index contributed by atoms with van der Waals surface area (Å²) in [5.74, 6) is 0. The lowest BCUT2D eigenvalue weighted by Crippen LogP contribution is -2.32. The molecule has 3 N–H and O–H groups in total. The molecule has 3 heterocycles. The summed E-state index contributed by atoms with van der Waals surface area (Å²) in [5.41, 5.74) is 8.22. The van der Waals surface area contributed by atoms with Crippen molar-refractivity contribution in [3.05, 3.63) is 27.7 Å². The molecule has 0 amide bonds. The number of anilines is 1. The molecule has 2 aromatic heterocycles. The second-order valence-electron chi connectivity index (χ2n) is 4.58. The summed E-state index contributed by atoms with van der Waals surface area (Å²) in [6.07, 6.45) is 0.886. The fourth-order valence-electron chi connectivity index (χ4n) is 2.34. The predicted octanol–water partition coefficient (Wildman–Crippen LogP) is 0.854. The van der Waals surface area contributed by atoms with Crippen LogP contribution in [-0.4, -0.2) is 33.2 Å². The second kappa shape index (κ2) is 4.75. The Kier molecular flexibility index (Phi) is 3.08. The fourth-order valence-corrected chi connectivity index (χ4v) is 2.96. The number of aromatic nitrogens is 3. The van der Waals surface area contributed by atoms with Gasteiger partial charge < -0.3 is 10.7 Å². The van der Waals surface area contributed by atoms with Crippen molar-refractivity contribution in [3.8, 4) is 10.6 Å². The average Bonchev–Trinajstić information content (AvgIpc) is 2.84. The largest absolute Gasteiger partial charge is 0.374 e. The molecular formula is C12H15N5OS. The summed E-state index contributed by atoms with van der Waals surface area (Å²) < 4.78 is 0. The van der Waals surface area contributed by atoms with Crippen molar-refractivity contribution >= 4 is 16.5 Å². The third kappa shape index (κ3) is 2.26. The summed E-state index contributed by atoms with van der Waals surface area (Å²) in [7, 11) is 0. The molecule has 1 aliphatic rings. The number of nitrogens with two attached hydrogens (primary N) is 1. The number of nitrogen functional groups attached to an aromatic ring is 1. The molecule has 6 nitrogen and oxygen atoms in total. The molecule has 3 rings (SSSR count). The van der Waals surface area contributed by atoms with Crippen LogP contribution in [0.25, 0.3) is 10.6 Å². The number of rotatable bonds is 2. The van der Waals surface area contributed by atoms with Crippen molar-refractivity contribution in [3.63, 3.8) is 0 Å². The van der Waals surface area contributed by atoms with Crippen LogP contribution in [0.1, 0.15) is 18.2 Å². The quantitative estimate of drug-likeness (QED) is 0.849. The van der Waals surface area contributed by atoms with Crippen molar-refractivity contribution in [2.45, 2.75) is 19.9 Å². The van der Waals surface area contributed by atoms with Gasteiger partial charge >= 0.3 is 0 Å². The Morgan fingerprint density at radius 2 is 2.37 bits per heavy atom. The van der Waals surface area contributed by atoms with Crippen LogP contribution in [0.3, 0.4) is 0 Å². The summed E-state index contributed by atoms with van der Waals surface area (Å²) in [5, 5.41) is 8.66. The zero-order valence-electron chi connectivity index (χ0n) is 10.6. The second-order valence-corrected chi connectivity index (χ2v) is 5.59. The van der Waals surface area contributed by atoms with Crippen LogP contribution in [0.5, 0.6) is 0 Å². The van der Waals surface area contributed by atoms with E-state index in [1.165, 1.54) is 11.3 Å². The highest BCUT2D eigenvalue weighted by Crippen LogP contribution is 2.25. The van der Waals surface area contributed by atoms with Crippen LogP contribution in [0, 0.1) is 0 Å². The van der Waals surface area contributed by atoms with E-state index in [0.717, 1.165) is 37.3 Å². The SMILES string of the molecule is CCN1CCc2[nH]c(=O)c(-c3nnc(N)s3)cc2C1. The maximum absolute atomic E-state index is 12.1. The molecule has 0 radical (unpaired) electrons. The Labute approximate surface area is 114 Å². The van der Waals surface area contributed by atoms with Crippen molar-refractivity contribution in [1.82, 2.24) is 20.1 Å². The summed E-state index contributed by atoms with van der Waals surface area (Å²) in [6.45, 7) is 5.01. The predicted molar refractivity (Wildman–Crippen MR) is 75.0 cm³/mol. The molecule has 0 atom stereocenters. The standard InChI is InChI=1S/C12H15N5OS/c1-2-17-4-3-9-7(6-17)5-8(10(18)14-9)11-15-16-12(13)19-11/h5H,2-4,6H2,1H3,(H2,13,16)(H,14,18). The Hall–Kier alpha value is -1.73. The molecule has 0 saturated carbocycles. The molecule has 100 valence electrons. The molecule has 0 saturated heterocycles. The van der Waals surface area contributed by atoms with Gasteiger partial charge in [-0.05, 0) is 18.2 Å². The van der Waals surface area contributed by atoms with Crippen LogP contribution in [0.4, 0.5) is 5.13 Å². The number of hydrogen-bond acceptors (Lipinski definition) is 6. The van der Waals surface area contributed by atoms with Gasteiger partial charge in [0.25, 0.3) is 5.56 Å². The van der Waals surface area contributed by atoms with E-state index in [4.69, 9.17) is 5.73 Å². The van der Waals surface area contributed by atoms with Crippen molar-refractivity contribution < 1.29 is 0 Å². The van der Waals surface area contributed by atoms with Crippen LogP contribution in [0.15, 0.2) is 10.9 Å². The number of H-pyrrole nitrogens is 1. The number of fused-ring (bicyclic) bond motifs is 1. The van der Waals surface area contributed by atoms with E-state index in [-0.39, 0.29) is 5.56 Å². The molecule has 0 aliphatic carbocycles. The smallest absolute Gasteiger partial charge is 0.258 e. The van der Waals surface area contributed by atoms with Gasteiger partial charge in [-0.3, -0.25) is 9.69 Å². The molecule has 7 heteroatoms. The highest BCUT2D eigenvalue weighted by atomic mass is 32.1. The zero-order valence-corrected chi connectivity index (χ0v) is 11.5. The number of nitrogens with one attached hydrogen (secondary N) is 1.